The van der Waals surface area contributed by atoms with Crippen molar-refractivity contribution in [2.45, 2.75) is 46.4 Å². The molecule has 0 fully saturated rings. The van der Waals surface area contributed by atoms with Gasteiger partial charge in [0.05, 0.1) is 82.0 Å². The minimum atomic E-state index is -4.49. The standard InChI is InChI=1S/C57H62N14O7S3/c1-9-69(10-2)46-30-42(44(32-48(46)77-7)67-65-38-19-15-36(16-20-38)53-58-40-23-13-34(5)29-50(40)79-53)60-55-62-56(64-57(63-55)71(25-27-72)26-28-73)61-43-31-47(70(11-3)12-4)49(78-8)33-45(43)68-66-39-21-17-37(18-22-39)54-59-41-24-14-35(6)52(51(41)80-54)81(74,75)76/h13-24,29-33,72-73H,9-12,25-28H2,1-8H3,(H,74,75,76)(H2,60,61,62,63,64). The number of anilines is 7. The number of aliphatic hydroxyl groups excluding tert-OH is 2. The normalized spacial score (nSPS) is 11.8. The summed E-state index contributed by atoms with van der Waals surface area (Å²) in [4.78, 5) is 29.9. The second-order valence-corrected chi connectivity index (χ2v) is 21.8. The van der Waals surface area contributed by atoms with Crippen molar-refractivity contribution in [1.82, 2.24) is 24.9 Å². The molecule has 0 bridgehead atoms. The Morgan fingerprint density at radius 3 is 1.52 bits per heavy atom. The smallest absolute Gasteiger partial charge is 0.296 e. The number of methoxy groups -OCH3 is 2. The van der Waals surface area contributed by atoms with E-state index in [1.54, 1.807) is 67.7 Å². The van der Waals surface area contributed by atoms with Crippen molar-refractivity contribution in [1.29, 1.82) is 0 Å². The Labute approximate surface area is 477 Å². The van der Waals surface area contributed by atoms with Crippen LogP contribution in [0.2, 0.25) is 0 Å². The molecule has 6 aromatic carbocycles. The topological polar surface area (TPSA) is 261 Å². The lowest BCUT2D eigenvalue weighted by Crippen LogP contribution is -2.31. The Bertz CT molecular complexity index is 3860. The first-order valence-corrected chi connectivity index (χ1v) is 29.2. The van der Waals surface area contributed by atoms with Gasteiger partial charge in [-0.3, -0.25) is 4.55 Å². The average molecular weight is 1150 g/mol. The number of rotatable bonds is 24. The monoisotopic (exact) mass is 1150 g/mol. The third-order valence-electron chi connectivity index (χ3n) is 13.2. The predicted octanol–water partition coefficient (Wildman–Crippen LogP) is 13.1. The van der Waals surface area contributed by atoms with E-state index in [1.165, 1.54) is 16.9 Å². The first-order valence-electron chi connectivity index (χ1n) is 26.2. The van der Waals surface area contributed by atoms with Gasteiger partial charge in [-0.05, 0) is 132 Å². The first kappa shape index (κ1) is 57.4. The van der Waals surface area contributed by atoms with E-state index in [0.717, 1.165) is 32.2 Å². The number of ether oxygens (including phenoxy) is 2. The van der Waals surface area contributed by atoms with Crippen LogP contribution in [0.25, 0.3) is 41.6 Å². The second-order valence-electron chi connectivity index (χ2n) is 18.4. The van der Waals surface area contributed by atoms with Crippen LogP contribution >= 0.6 is 22.7 Å². The number of azo groups is 2. The van der Waals surface area contributed by atoms with Gasteiger partial charge in [-0.2, -0.15) is 33.6 Å². The molecule has 0 radical (unpaired) electrons. The van der Waals surface area contributed by atoms with Crippen LogP contribution in [-0.4, -0.2) is 115 Å². The maximum atomic E-state index is 12.3. The Morgan fingerprint density at radius 2 is 1.05 bits per heavy atom. The number of thiazole rings is 2. The van der Waals surface area contributed by atoms with Gasteiger partial charge in [0.15, 0.2) is 0 Å². The number of hydrogen-bond acceptors (Lipinski definition) is 22. The van der Waals surface area contributed by atoms with Gasteiger partial charge in [0.25, 0.3) is 10.1 Å². The summed E-state index contributed by atoms with van der Waals surface area (Å²) in [5.74, 6) is 1.47. The van der Waals surface area contributed by atoms with Crippen molar-refractivity contribution in [3.63, 3.8) is 0 Å². The van der Waals surface area contributed by atoms with Crippen LogP contribution in [0.1, 0.15) is 38.8 Å². The zero-order valence-electron chi connectivity index (χ0n) is 46.0. The molecule has 0 amide bonds. The third kappa shape index (κ3) is 13.0. The molecular weight excluding hydrogens is 1090 g/mol. The van der Waals surface area contributed by atoms with Crippen LogP contribution in [-0.2, 0) is 10.1 Å². The Kier molecular flexibility index (Phi) is 18.1. The molecule has 0 saturated heterocycles. The van der Waals surface area contributed by atoms with Crippen molar-refractivity contribution in [3.05, 3.63) is 114 Å². The molecule has 420 valence electrons. The molecule has 5 N–H and O–H groups in total. The fourth-order valence-corrected chi connectivity index (χ4v) is 12.5. The van der Waals surface area contributed by atoms with E-state index in [9.17, 15) is 23.2 Å². The average Bonchev–Trinajstić information content (AvgIpc) is 4.14. The molecule has 81 heavy (non-hydrogen) atoms. The van der Waals surface area contributed by atoms with E-state index >= 15 is 0 Å². The number of benzene rings is 6. The molecule has 21 nitrogen and oxygen atoms in total. The number of hydrogen-bond donors (Lipinski definition) is 5. The van der Waals surface area contributed by atoms with Crippen molar-refractivity contribution in [2.24, 2.45) is 20.5 Å². The largest absolute Gasteiger partial charge is 0.494 e. The molecule has 0 aliphatic rings. The molecule has 3 heterocycles. The molecule has 0 spiro atoms. The SMILES string of the molecule is CCN(CC)c1cc(Nc2nc(Nc3cc(N(CC)CC)c(OC)cc3N=Nc3ccc(-c4nc5ccc(C)c(S(=O)(=O)O)c5s4)cc3)nc(N(CCO)CCO)n2)c(N=Nc2ccc(-c3nc4ccc(C)cc4s3)cc2)cc1OC. The number of fused-ring (bicyclic) bond motifs is 2. The molecule has 0 aliphatic carbocycles. The lowest BCUT2D eigenvalue weighted by molar-refractivity contribution is 0.280. The number of nitrogens with one attached hydrogen (secondary N) is 2. The fourth-order valence-electron chi connectivity index (χ4n) is 9.07. The van der Waals surface area contributed by atoms with Crippen molar-refractivity contribution >= 4 is 117 Å². The van der Waals surface area contributed by atoms with Crippen LogP contribution < -0.4 is 34.8 Å². The molecule has 9 aromatic rings. The number of aromatic nitrogens is 5. The summed E-state index contributed by atoms with van der Waals surface area (Å²) in [6.45, 7) is 14.3. The first-order chi connectivity index (χ1) is 39.2. The van der Waals surface area contributed by atoms with Crippen molar-refractivity contribution < 1.29 is 32.7 Å². The summed E-state index contributed by atoms with van der Waals surface area (Å²) in [6.07, 6.45) is 0. The molecular formula is C57H62N14O7S3. The summed E-state index contributed by atoms with van der Waals surface area (Å²) in [5, 5.41) is 47.4. The van der Waals surface area contributed by atoms with E-state index in [0.29, 0.717) is 98.2 Å². The van der Waals surface area contributed by atoms with Crippen molar-refractivity contribution in [2.75, 3.05) is 92.0 Å². The summed E-state index contributed by atoms with van der Waals surface area (Å²) in [6, 6.07) is 31.9. The Balaban J connectivity index is 1.09. The van der Waals surface area contributed by atoms with Gasteiger partial charge in [-0.25, -0.2) is 9.97 Å². The van der Waals surface area contributed by atoms with Gasteiger partial charge in [-0.15, -0.1) is 32.9 Å². The maximum absolute atomic E-state index is 12.3. The fraction of sp³-hybridized carbons (Fsp3) is 0.281. The zero-order chi connectivity index (χ0) is 57.4. The summed E-state index contributed by atoms with van der Waals surface area (Å²) >= 11 is 2.81. The third-order valence-corrected chi connectivity index (χ3v) is 16.6. The minimum absolute atomic E-state index is 0.0898. The van der Waals surface area contributed by atoms with Gasteiger partial charge >= 0.3 is 0 Å². The molecule has 3 aromatic heterocycles. The molecule has 24 heteroatoms. The van der Waals surface area contributed by atoms with Crippen LogP contribution in [0.5, 0.6) is 11.5 Å². The van der Waals surface area contributed by atoms with E-state index in [1.807, 2.05) is 74.5 Å². The predicted molar refractivity (Wildman–Crippen MR) is 324 cm³/mol. The summed E-state index contributed by atoms with van der Waals surface area (Å²) in [7, 11) is -1.29. The number of aryl methyl sites for hydroxylation is 2. The second kappa shape index (κ2) is 25.5. The van der Waals surface area contributed by atoms with Gasteiger partial charge in [0.2, 0.25) is 17.8 Å². The highest BCUT2D eigenvalue weighted by atomic mass is 32.2. The van der Waals surface area contributed by atoms with Gasteiger partial charge in [-0.1, -0.05) is 12.1 Å². The molecule has 0 aliphatic heterocycles. The Hall–Kier alpha value is -8.26. The van der Waals surface area contributed by atoms with E-state index < -0.39 is 10.1 Å². The van der Waals surface area contributed by atoms with Gasteiger partial charge in [0.1, 0.15) is 37.8 Å². The molecule has 0 saturated carbocycles. The lowest BCUT2D eigenvalue weighted by atomic mass is 10.2. The van der Waals surface area contributed by atoms with Crippen LogP contribution in [0, 0.1) is 13.8 Å². The summed E-state index contributed by atoms with van der Waals surface area (Å²) in [5.41, 5.74) is 9.10. The van der Waals surface area contributed by atoms with Gasteiger partial charge in [0, 0.05) is 62.5 Å². The highest BCUT2D eigenvalue weighted by Crippen LogP contribution is 2.44. The van der Waals surface area contributed by atoms with Gasteiger partial charge < -0.3 is 45.0 Å². The summed E-state index contributed by atoms with van der Waals surface area (Å²) < 4.78 is 48.0. The van der Waals surface area contributed by atoms with E-state index in [-0.39, 0.29) is 49.0 Å². The highest BCUT2D eigenvalue weighted by molar-refractivity contribution is 7.86. The quantitative estimate of drug-likeness (QED) is 0.0278. The highest BCUT2D eigenvalue weighted by Gasteiger charge is 2.23. The molecule has 9 rings (SSSR count). The van der Waals surface area contributed by atoms with Crippen LogP contribution in [0.3, 0.4) is 0 Å². The maximum Gasteiger partial charge on any atom is 0.296 e. The van der Waals surface area contributed by atoms with Crippen molar-refractivity contribution in [3.8, 4) is 32.6 Å². The van der Waals surface area contributed by atoms with E-state index in [4.69, 9.17) is 39.6 Å². The Morgan fingerprint density at radius 1 is 0.568 bits per heavy atom. The molecule has 0 unspecified atom stereocenters. The molecule has 0 atom stereocenters. The number of aliphatic hydroxyl groups is 2. The van der Waals surface area contributed by atoms with E-state index in [2.05, 4.69) is 68.5 Å². The minimum Gasteiger partial charge on any atom is -0.494 e. The lowest BCUT2D eigenvalue weighted by Gasteiger charge is -2.25. The van der Waals surface area contributed by atoms with Crippen LogP contribution in [0.4, 0.5) is 63.3 Å². The number of nitrogens with zero attached hydrogens (tertiary/aromatic N) is 12. The van der Waals surface area contributed by atoms with Crippen LogP contribution in [0.15, 0.2) is 128 Å². The zero-order valence-corrected chi connectivity index (χ0v) is 48.5.